The van der Waals surface area contributed by atoms with Gasteiger partial charge in [0.05, 0.1) is 21.7 Å². The minimum absolute atomic E-state index is 0.0208. The standard InChI is InChI=1S/C20H24Cl2N4O2S/c1-12(2)9-23-18(27)13-5-4-8-26(10-13)19(28)16-11-29-20(25-16)24-15-7-3-6-14(21)17(15)22/h3,6-7,11-13H,4-5,8-10H2,1-2H3,(H,23,27)(H,24,25)/t13-/m0/s1. The molecule has 3 rings (SSSR count). The minimum atomic E-state index is -0.173. The van der Waals surface area contributed by atoms with Crippen molar-refractivity contribution in [1.82, 2.24) is 15.2 Å². The van der Waals surface area contributed by atoms with Gasteiger partial charge >= 0.3 is 0 Å². The second-order valence-corrected chi connectivity index (χ2v) is 9.14. The van der Waals surface area contributed by atoms with Crippen molar-refractivity contribution in [1.29, 1.82) is 0 Å². The lowest BCUT2D eigenvalue weighted by molar-refractivity contribution is -0.126. The number of anilines is 2. The van der Waals surface area contributed by atoms with Crippen LogP contribution in [0.4, 0.5) is 10.8 Å². The van der Waals surface area contributed by atoms with Crippen LogP contribution in [0.25, 0.3) is 0 Å². The summed E-state index contributed by atoms with van der Waals surface area (Å²) in [6.07, 6.45) is 1.60. The largest absolute Gasteiger partial charge is 0.356 e. The first kappa shape index (κ1) is 21.9. The molecule has 29 heavy (non-hydrogen) atoms. The third kappa shape index (κ3) is 5.62. The Kier molecular flexibility index (Phi) is 7.38. The van der Waals surface area contributed by atoms with E-state index in [1.807, 2.05) is 0 Å². The fraction of sp³-hybridized carbons (Fsp3) is 0.450. The molecule has 2 heterocycles. The van der Waals surface area contributed by atoms with E-state index in [1.165, 1.54) is 11.3 Å². The molecule has 2 aromatic rings. The summed E-state index contributed by atoms with van der Waals surface area (Å²) in [5, 5.41) is 9.19. The van der Waals surface area contributed by atoms with Gasteiger partial charge in [-0.2, -0.15) is 0 Å². The van der Waals surface area contributed by atoms with Gasteiger partial charge in [-0.1, -0.05) is 43.1 Å². The van der Waals surface area contributed by atoms with Crippen LogP contribution in [0.5, 0.6) is 0 Å². The molecule has 2 amide bonds. The Labute approximate surface area is 184 Å². The molecule has 1 aliphatic heterocycles. The Morgan fingerprint density at radius 2 is 2.14 bits per heavy atom. The molecular formula is C20H24Cl2N4O2S. The van der Waals surface area contributed by atoms with Crippen LogP contribution >= 0.6 is 34.5 Å². The highest BCUT2D eigenvalue weighted by atomic mass is 35.5. The van der Waals surface area contributed by atoms with Crippen LogP contribution in [0, 0.1) is 11.8 Å². The topological polar surface area (TPSA) is 74.3 Å². The van der Waals surface area contributed by atoms with Gasteiger partial charge in [-0.15, -0.1) is 11.3 Å². The number of aromatic nitrogens is 1. The van der Waals surface area contributed by atoms with Crippen molar-refractivity contribution in [2.24, 2.45) is 11.8 Å². The number of rotatable bonds is 6. The molecule has 1 aromatic heterocycles. The van der Waals surface area contributed by atoms with Gasteiger partial charge in [0.15, 0.2) is 5.13 Å². The smallest absolute Gasteiger partial charge is 0.273 e. The van der Waals surface area contributed by atoms with Gasteiger partial charge in [0.2, 0.25) is 5.91 Å². The molecule has 0 saturated carbocycles. The fourth-order valence-electron chi connectivity index (χ4n) is 3.13. The van der Waals surface area contributed by atoms with Gasteiger partial charge in [-0.25, -0.2) is 4.98 Å². The lowest BCUT2D eigenvalue weighted by atomic mass is 9.96. The predicted octanol–water partition coefficient (Wildman–Crippen LogP) is 4.82. The highest BCUT2D eigenvalue weighted by molar-refractivity contribution is 7.14. The summed E-state index contributed by atoms with van der Waals surface area (Å²) in [4.78, 5) is 31.4. The molecule has 0 spiro atoms. The van der Waals surface area contributed by atoms with Crippen molar-refractivity contribution < 1.29 is 9.59 Å². The molecule has 0 radical (unpaired) electrons. The molecule has 0 unspecified atom stereocenters. The van der Waals surface area contributed by atoms with Crippen molar-refractivity contribution >= 4 is 57.2 Å². The predicted molar refractivity (Wildman–Crippen MR) is 118 cm³/mol. The van der Waals surface area contributed by atoms with Crippen LogP contribution in [0.15, 0.2) is 23.6 Å². The van der Waals surface area contributed by atoms with E-state index in [-0.39, 0.29) is 17.7 Å². The number of likely N-dealkylation sites (tertiary alicyclic amines) is 1. The molecule has 9 heteroatoms. The number of nitrogens with zero attached hydrogens (tertiary/aromatic N) is 2. The Morgan fingerprint density at radius 1 is 1.34 bits per heavy atom. The summed E-state index contributed by atoms with van der Waals surface area (Å²) < 4.78 is 0. The number of benzene rings is 1. The van der Waals surface area contributed by atoms with E-state index < -0.39 is 0 Å². The summed E-state index contributed by atoms with van der Waals surface area (Å²) in [6.45, 7) is 5.82. The summed E-state index contributed by atoms with van der Waals surface area (Å²) in [5.74, 6) is 0.0856. The first-order chi connectivity index (χ1) is 13.8. The third-order valence-electron chi connectivity index (χ3n) is 4.68. The zero-order chi connectivity index (χ0) is 21.0. The van der Waals surface area contributed by atoms with E-state index in [2.05, 4.69) is 29.5 Å². The normalized spacial score (nSPS) is 16.7. The average molecular weight is 455 g/mol. The van der Waals surface area contributed by atoms with Gasteiger partial charge in [0.25, 0.3) is 5.91 Å². The Morgan fingerprint density at radius 3 is 2.90 bits per heavy atom. The van der Waals surface area contributed by atoms with Gasteiger partial charge in [-0.05, 0) is 30.9 Å². The van der Waals surface area contributed by atoms with E-state index in [0.29, 0.717) is 52.1 Å². The van der Waals surface area contributed by atoms with E-state index in [1.54, 1.807) is 28.5 Å². The fourth-order valence-corrected chi connectivity index (χ4v) is 4.18. The number of carbonyl (C=O) groups is 2. The number of hydrogen-bond acceptors (Lipinski definition) is 5. The van der Waals surface area contributed by atoms with Crippen molar-refractivity contribution in [2.45, 2.75) is 26.7 Å². The van der Waals surface area contributed by atoms with Crippen LogP contribution in [-0.4, -0.2) is 41.3 Å². The van der Waals surface area contributed by atoms with Gasteiger partial charge in [0, 0.05) is 25.0 Å². The molecule has 1 saturated heterocycles. The molecule has 2 N–H and O–H groups in total. The summed E-state index contributed by atoms with van der Waals surface area (Å²) in [6, 6.07) is 5.28. The van der Waals surface area contributed by atoms with E-state index in [0.717, 1.165) is 12.8 Å². The number of hydrogen-bond donors (Lipinski definition) is 2. The highest BCUT2D eigenvalue weighted by Gasteiger charge is 2.29. The maximum Gasteiger partial charge on any atom is 0.273 e. The molecular weight excluding hydrogens is 431 g/mol. The molecule has 6 nitrogen and oxygen atoms in total. The monoisotopic (exact) mass is 454 g/mol. The quantitative estimate of drug-likeness (QED) is 0.655. The molecule has 1 aromatic carbocycles. The van der Waals surface area contributed by atoms with Gasteiger partial charge in [-0.3, -0.25) is 9.59 Å². The Balaban J connectivity index is 1.63. The van der Waals surface area contributed by atoms with E-state index in [9.17, 15) is 9.59 Å². The number of halogens is 2. The maximum absolute atomic E-state index is 12.9. The van der Waals surface area contributed by atoms with Crippen LogP contribution in [0.3, 0.4) is 0 Å². The first-order valence-electron chi connectivity index (χ1n) is 9.58. The number of carbonyl (C=O) groups excluding carboxylic acids is 2. The molecule has 1 atom stereocenters. The van der Waals surface area contributed by atoms with Crippen molar-refractivity contribution in [2.75, 3.05) is 25.0 Å². The lowest BCUT2D eigenvalue weighted by Crippen LogP contribution is -2.46. The Hall–Kier alpha value is -1.83. The average Bonchev–Trinajstić information content (AvgIpc) is 3.17. The first-order valence-corrected chi connectivity index (χ1v) is 11.2. The SMILES string of the molecule is CC(C)CNC(=O)[C@H]1CCCN(C(=O)c2csc(Nc3cccc(Cl)c3Cl)n2)C1. The van der Waals surface area contributed by atoms with Crippen LogP contribution < -0.4 is 10.6 Å². The number of nitrogens with one attached hydrogen (secondary N) is 2. The zero-order valence-corrected chi connectivity index (χ0v) is 18.7. The summed E-state index contributed by atoms with van der Waals surface area (Å²) in [5.41, 5.74) is 0.992. The second-order valence-electron chi connectivity index (χ2n) is 7.49. The minimum Gasteiger partial charge on any atom is -0.356 e. The molecule has 1 aliphatic rings. The van der Waals surface area contributed by atoms with Crippen molar-refractivity contribution in [3.8, 4) is 0 Å². The third-order valence-corrected chi connectivity index (χ3v) is 6.26. The van der Waals surface area contributed by atoms with E-state index >= 15 is 0 Å². The van der Waals surface area contributed by atoms with E-state index in [4.69, 9.17) is 23.2 Å². The second kappa shape index (κ2) is 9.78. The molecule has 156 valence electrons. The number of piperidine rings is 1. The van der Waals surface area contributed by atoms with Crippen molar-refractivity contribution in [3.05, 3.63) is 39.3 Å². The van der Waals surface area contributed by atoms with Crippen molar-refractivity contribution in [3.63, 3.8) is 0 Å². The lowest BCUT2D eigenvalue weighted by Gasteiger charge is -2.31. The summed E-state index contributed by atoms with van der Waals surface area (Å²) >= 11 is 13.5. The molecule has 1 fully saturated rings. The van der Waals surface area contributed by atoms with Crippen LogP contribution in [0.1, 0.15) is 37.2 Å². The van der Waals surface area contributed by atoms with Gasteiger partial charge in [0.1, 0.15) is 5.69 Å². The zero-order valence-electron chi connectivity index (χ0n) is 16.4. The maximum atomic E-state index is 12.9. The number of thiazole rings is 1. The Bertz CT molecular complexity index is 887. The van der Waals surface area contributed by atoms with Gasteiger partial charge < -0.3 is 15.5 Å². The van der Waals surface area contributed by atoms with Crippen LogP contribution in [0.2, 0.25) is 10.0 Å². The molecule has 0 bridgehead atoms. The summed E-state index contributed by atoms with van der Waals surface area (Å²) in [7, 11) is 0. The van der Waals surface area contributed by atoms with Crippen LogP contribution in [-0.2, 0) is 4.79 Å². The number of amides is 2. The molecule has 0 aliphatic carbocycles. The highest BCUT2D eigenvalue weighted by Crippen LogP contribution is 2.32.